The van der Waals surface area contributed by atoms with Crippen LogP contribution in [0.2, 0.25) is 0 Å². The van der Waals surface area contributed by atoms with Crippen molar-refractivity contribution in [2.45, 2.75) is 65.2 Å². The van der Waals surface area contributed by atoms with Crippen LogP contribution in [0.4, 0.5) is 0 Å². The molecule has 0 saturated carbocycles. The summed E-state index contributed by atoms with van der Waals surface area (Å²) in [4.78, 5) is 0. The second-order valence-corrected chi connectivity index (χ2v) is 4.07. The molecule has 0 saturated heterocycles. The molecular weight excluding hydrogens is 200 g/mol. The zero-order valence-corrected chi connectivity index (χ0v) is 10.7. The Bertz CT molecular complexity index is 197. The summed E-state index contributed by atoms with van der Waals surface area (Å²) in [7, 11) is 0. The quantitative estimate of drug-likeness (QED) is 0.274. The van der Waals surface area contributed by atoms with Gasteiger partial charge in [-0.05, 0) is 25.7 Å². The summed E-state index contributed by atoms with van der Waals surface area (Å²) in [6.45, 7) is 4.36. The van der Waals surface area contributed by atoms with Gasteiger partial charge in [0.15, 0.2) is 0 Å². The van der Waals surface area contributed by atoms with Crippen molar-refractivity contribution in [2.24, 2.45) is 21.9 Å². The maximum absolute atomic E-state index is 5.39. The summed E-state index contributed by atoms with van der Waals surface area (Å²) >= 11 is 0. The Hall–Kier alpha value is -1.06. The van der Waals surface area contributed by atoms with Crippen LogP contribution in [0.15, 0.2) is 10.2 Å². The van der Waals surface area contributed by atoms with Crippen LogP contribution < -0.4 is 11.7 Å². The largest absolute Gasteiger partial charge is 0.323 e. The molecule has 0 aromatic carbocycles. The molecule has 16 heavy (non-hydrogen) atoms. The molecule has 4 nitrogen and oxygen atoms in total. The fraction of sp³-hybridized carbons (Fsp3) is 0.833. The number of nitrogens with two attached hydrogens (primary N) is 2. The Balaban J connectivity index is 4.09. The van der Waals surface area contributed by atoms with Gasteiger partial charge in [0, 0.05) is 0 Å². The van der Waals surface area contributed by atoms with Crippen molar-refractivity contribution in [1.29, 1.82) is 0 Å². The van der Waals surface area contributed by atoms with E-state index >= 15 is 0 Å². The van der Waals surface area contributed by atoms with Crippen LogP contribution in [0.3, 0.4) is 0 Å². The first-order chi connectivity index (χ1) is 7.79. The molecule has 0 radical (unpaired) electrons. The Kier molecular flexibility index (Phi) is 9.76. The van der Waals surface area contributed by atoms with Crippen molar-refractivity contribution in [3.8, 4) is 0 Å². The molecule has 0 spiro atoms. The van der Waals surface area contributed by atoms with Gasteiger partial charge >= 0.3 is 0 Å². The topological polar surface area (TPSA) is 76.8 Å². The predicted octanol–water partition coefficient (Wildman–Crippen LogP) is 2.78. The molecule has 0 aliphatic carbocycles. The van der Waals surface area contributed by atoms with Gasteiger partial charge in [-0.3, -0.25) is 0 Å². The minimum absolute atomic E-state index is 0.882. The van der Waals surface area contributed by atoms with E-state index in [0.29, 0.717) is 0 Å². The highest BCUT2D eigenvalue weighted by Gasteiger charge is 2.08. The van der Waals surface area contributed by atoms with Gasteiger partial charge in [-0.25, -0.2) is 0 Å². The maximum atomic E-state index is 5.39. The van der Waals surface area contributed by atoms with Gasteiger partial charge in [0.1, 0.15) is 0 Å². The van der Waals surface area contributed by atoms with E-state index in [-0.39, 0.29) is 0 Å². The first kappa shape index (κ1) is 14.9. The maximum Gasteiger partial charge on any atom is 0.0832 e. The predicted molar refractivity (Wildman–Crippen MR) is 71.5 cm³/mol. The molecule has 4 N–H and O–H groups in total. The van der Waals surface area contributed by atoms with Crippen molar-refractivity contribution >= 4 is 11.4 Å². The highest BCUT2D eigenvalue weighted by Crippen LogP contribution is 2.07. The second kappa shape index (κ2) is 10.5. The van der Waals surface area contributed by atoms with Crippen LogP contribution in [0.5, 0.6) is 0 Å². The summed E-state index contributed by atoms with van der Waals surface area (Å²) in [5.74, 6) is 10.8. The van der Waals surface area contributed by atoms with Crippen LogP contribution in [-0.2, 0) is 0 Å². The molecule has 0 heterocycles. The van der Waals surface area contributed by atoms with E-state index in [1.807, 2.05) is 0 Å². The standard InChI is InChI=1S/C12H26N4/c1-3-5-7-9-11(15-13)12(16-14)10-8-6-4-2/h3-10,13-14H2,1-2H3/b15-11+,16-12+. The van der Waals surface area contributed by atoms with Gasteiger partial charge in [-0.2, -0.15) is 10.2 Å². The molecule has 94 valence electrons. The van der Waals surface area contributed by atoms with Crippen LogP contribution in [0.25, 0.3) is 0 Å². The van der Waals surface area contributed by atoms with Crippen LogP contribution >= 0.6 is 0 Å². The Morgan fingerprint density at radius 3 is 1.38 bits per heavy atom. The summed E-state index contributed by atoms with van der Waals surface area (Å²) < 4.78 is 0. The summed E-state index contributed by atoms with van der Waals surface area (Å²) in [6.07, 6.45) is 8.81. The van der Waals surface area contributed by atoms with E-state index in [0.717, 1.165) is 37.1 Å². The zero-order chi connectivity index (χ0) is 12.2. The fourth-order valence-corrected chi connectivity index (χ4v) is 1.65. The van der Waals surface area contributed by atoms with Gasteiger partial charge in [-0.15, -0.1) is 0 Å². The number of hydrogen-bond acceptors (Lipinski definition) is 4. The number of unbranched alkanes of at least 4 members (excludes halogenated alkanes) is 4. The average molecular weight is 226 g/mol. The average Bonchev–Trinajstić information content (AvgIpc) is 2.31. The van der Waals surface area contributed by atoms with Crippen molar-refractivity contribution in [3.05, 3.63) is 0 Å². The van der Waals surface area contributed by atoms with Gasteiger partial charge < -0.3 is 11.7 Å². The highest BCUT2D eigenvalue weighted by molar-refractivity contribution is 6.42. The van der Waals surface area contributed by atoms with Crippen LogP contribution in [-0.4, -0.2) is 11.4 Å². The SMILES string of the molecule is CCCCCC(=N\N)/C(CCCCC)=N/N. The van der Waals surface area contributed by atoms with Crippen LogP contribution in [0, 0.1) is 0 Å². The molecule has 0 aliphatic rings. The third kappa shape index (κ3) is 6.43. The fourth-order valence-electron chi connectivity index (χ4n) is 1.65. The van der Waals surface area contributed by atoms with Gasteiger partial charge in [0.25, 0.3) is 0 Å². The van der Waals surface area contributed by atoms with E-state index in [1.54, 1.807) is 0 Å². The molecule has 0 aromatic rings. The van der Waals surface area contributed by atoms with Crippen molar-refractivity contribution in [1.82, 2.24) is 0 Å². The Morgan fingerprint density at radius 2 is 1.12 bits per heavy atom. The Labute approximate surface area is 99.2 Å². The molecule has 0 aliphatic heterocycles. The van der Waals surface area contributed by atoms with Gasteiger partial charge in [0.05, 0.1) is 11.4 Å². The minimum Gasteiger partial charge on any atom is -0.323 e. The van der Waals surface area contributed by atoms with Crippen molar-refractivity contribution < 1.29 is 0 Å². The smallest absolute Gasteiger partial charge is 0.0832 e. The number of rotatable bonds is 9. The van der Waals surface area contributed by atoms with E-state index < -0.39 is 0 Å². The normalized spacial score (nSPS) is 13.1. The third-order valence-electron chi connectivity index (χ3n) is 2.68. The molecule has 0 fully saturated rings. The first-order valence-corrected chi connectivity index (χ1v) is 6.33. The highest BCUT2D eigenvalue weighted by atomic mass is 15.2. The van der Waals surface area contributed by atoms with E-state index in [2.05, 4.69) is 24.1 Å². The lowest BCUT2D eigenvalue weighted by Gasteiger charge is -2.07. The minimum atomic E-state index is 0.882. The zero-order valence-electron chi connectivity index (χ0n) is 10.7. The molecule has 0 aromatic heterocycles. The van der Waals surface area contributed by atoms with E-state index in [1.165, 1.54) is 25.7 Å². The van der Waals surface area contributed by atoms with E-state index in [9.17, 15) is 0 Å². The molecule has 0 amide bonds. The molecule has 0 bridgehead atoms. The van der Waals surface area contributed by atoms with Gasteiger partial charge in [0.2, 0.25) is 0 Å². The molecule has 4 heteroatoms. The molecule has 0 atom stereocenters. The lowest BCUT2D eigenvalue weighted by molar-refractivity contribution is 0.733. The first-order valence-electron chi connectivity index (χ1n) is 6.33. The van der Waals surface area contributed by atoms with Crippen molar-refractivity contribution in [3.63, 3.8) is 0 Å². The summed E-state index contributed by atoms with van der Waals surface area (Å²) in [5.41, 5.74) is 1.76. The second-order valence-electron chi connectivity index (χ2n) is 4.07. The molecular formula is C12H26N4. The number of nitrogens with zero attached hydrogens (tertiary/aromatic N) is 2. The summed E-state index contributed by atoms with van der Waals surface area (Å²) in [6, 6.07) is 0. The lowest BCUT2D eigenvalue weighted by Crippen LogP contribution is -2.18. The molecule has 0 rings (SSSR count). The van der Waals surface area contributed by atoms with E-state index in [4.69, 9.17) is 11.7 Å². The third-order valence-corrected chi connectivity index (χ3v) is 2.68. The molecule has 0 unspecified atom stereocenters. The van der Waals surface area contributed by atoms with Gasteiger partial charge in [-0.1, -0.05) is 39.5 Å². The summed E-state index contributed by atoms with van der Waals surface area (Å²) in [5, 5.41) is 7.63. The van der Waals surface area contributed by atoms with Crippen molar-refractivity contribution in [2.75, 3.05) is 0 Å². The lowest BCUT2D eigenvalue weighted by atomic mass is 10.0. The van der Waals surface area contributed by atoms with Crippen LogP contribution in [0.1, 0.15) is 65.2 Å². The monoisotopic (exact) mass is 226 g/mol. The number of hydrogen-bond donors (Lipinski definition) is 2. The Morgan fingerprint density at radius 1 is 0.750 bits per heavy atom. The number of hydrazone groups is 2.